The molecule has 98 valence electrons. The van der Waals surface area contributed by atoms with Crippen molar-refractivity contribution < 1.29 is 19.1 Å². The third kappa shape index (κ3) is 3.44. The summed E-state index contributed by atoms with van der Waals surface area (Å²) in [7, 11) is 0. The van der Waals surface area contributed by atoms with Gasteiger partial charge in [0.1, 0.15) is 11.9 Å². The molecule has 0 radical (unpaired) electrons. The number of carboxylic acids is 1. The zero-order chi connectivity index (χ0) is 13.7. The molecule has 0 aliphatic rings. The Morgan fingerprint density at radius 1 is 1.39 bits per heavy atom. The molecule has 5 nitrogen and oxygen atoms in total. The van der Waals surface area contributed by atoms with Gasteiger partial charge in [-0.1, -0.05) is 0 Å². The molecule has 2 N–H and O–H groups in total. The fourth-order valence-corrected chi connectivity index (χ4v) is 1.39. The predicted molar refractivity (Wildman–Crippen MR) is 65.0 cm³/mol. The molecule has 1 aromatic rings. The molecule has 0 saturated heterocycles. The lowest BCUT2D eigenvalue weighted by Crippen LogP contribution is -2.46. The molecule has 0 fully saturated rings. The van der Waals surface area contributed by atoms with E-state index in [2.05, 4.69) is 5.32 Å². The first-order valence-corrected chi connectivity index (χ1v) is 5.52. The molecule has 18 heavy (non-hydrogen) atoms. The summed E-state index contributed by atoms with van der Waals surface area (Å²) < 4.78 is 12.8. The molecule has 1 unspecified atom stereocenters. The number of anilines is 1. The van der Waals surface area contributed by atoms with Crippen molar-refractivity contribution in [1.82, 2.24) is 5.32 Å². The Bertz CT molecular complexity index is 433. The monoisotopic (exact) mass is 254 g/mol. The minimum absolute atomic E-state index is 0.351. The van der Waals surface area contributed by atoms with E-state index in [1.54, 1.807) is 6.92 Å². The molecule has 0 spiro atoms. The minimum atomic E-state index is -1.11. The van der Waals surface area contributed by atoms with Crippen LogP contribution in [-0.4, -0.2) is 29.7 Å². The van der Waals surface area contributed by atoms with Gasteiger partial charge in [0.2, 0.25) is 0 Å². The van der Waals surface area contributed by atoms with Crippen molar-refractivity contribution in [2.75, 3.05) is 11.4 Å². The van der Waals surface area contributed by atoms with E-state index >= 15 is 0 Å². The highest BCUT2D eigenvalue weighted by Gasteiger charge is 2.19. The van der Waals surface area contributed by atoms with Crippen molar-refractivity contribution in [3.05, 3.63) is 30.1 Å². The highest BCUT2D eigenvalue weighted by atomic mass is 19.1. The second kappa shape index (κ2) is 6.00. The molecule has 1 aromatic carbocycles. The highest BCUT2D eigenvalue weighted by Crippen LogP contribution is 2.14. The smallest absolute Gasteiger partial charge is 0.325 e. The van der Waals surface area contributed by atoms with Crippen LogP contribution in [0.25, 0.3) is 0 Å². The first-order valence-electron chi connectivity index (χ1n) is 5.52. The second-order valence-corrected chi connectivity index (χ2v) is 3.73. The maximum atomic E-state index is 12.8. The van der Waals surface area contributed by atoms with E-state index in [-0.39, 0.29) is 0 Å². The molecule has 1 rings (SSSR count). The van der Waals surface area contributed by atoms with E-state index in [4.69, 9.17) is 5.11 Å². The van der Waals surface area contributed by atoms with Crippen molar-refractivity contribution in [1.29, 1.82) is 0 Å². The number of carbonyl (C=O) groups is 2. The van der Waals surface area contributed by atoms with Gasteiger partial charge in [-0.25, -0.2) is 9.18 Å². The Balaban J connectivity index is 2.80. The van der Waals surface area contributed by atoms with Crippen LogP contribution < -0.4 is 10.2 Å². The number of hydrogen-bond acceptors (Lipinski definition) is 2. The molecule has 2 amide bonds. The van der Waals surface area contributed by atoms with Gasteiger partial charge in [-0.3, -0.25) is 9.69 Å². The van der Waals surface area contributed by atoms with Crippen LogP contribution in [0.15, 0.2) is 24.3 Å². The highest BCUT2D eigenvalue weighted by molar-refractivity contribution is 5.94. The van der Waals surface area contributed by atoms with Gasteiger partial charge in [-0.05, 0) is 38.1 Å². The van der Waals surface area contributed by atoms with Crippen LogP contribution in [0.1, 0.15) is 13.8 Å². The fraction of sp³-hybridized carbons (Fsp3) is 0.333. The van der Waals surface area contributed by atoms with E-state index in [0.717, 1.165) is 0 Å². The van der Waals surface area contributed by atoms with Crippen LogP contribution in [0.3, 0.4) is 0 Å². The van der Waals surface area contributed by atoms with Crippen LogP contribution >= 0.6 is 0 Å². The maximum Gasteiger partial charge on any atom is 0.325 e. The Hall–Kier alpha value is -2.11. The van der Waals surface area contributed by atoms with E-state index in [0.29, 0.717) is 12.2 Å². The van der Waals surface area contributed by atoms with Crippen LogP contribution in [0, 0.1) is 5.82 Å². The number of carboxylic acid groups (broad SMARTS) is 1. The largest absolute Gasteiger partial charge is 0.480 e. The summed E-state index contributed by atoms with van der Waals surface area (Å²) in [6.45, 7) is 3.47. The minimum Gasteiger partial charge on any atom is -0.480 e. The molecular formula is C12H15FN2O3. The standard InChI is InChI=1S/C12H15FN2O3/c1-3-15(10-6-4-9(13)5-7-10)12(18)14-8(2)11(16)17/h4-8H,3H2,1-2H3,(H,14,18)(H,16,17). The molecule has 0 aliphatic heterocycles. The number of aliphatic carboxylic acids is 1. The lowest BCUT2D eigenvalue weighted by atomic mass is 10.3. The van der Waals surface area contributed by atoms with Crippen molar-refractivity contribution >= 4 is 17.7 Å². The van der Waals surface area contributed by atoms with E-state index in [9.17, 15) is 14.0 Å². The van der Waals surface area contributed by atoms with Crippen molar-refractivity contribution in [3.8, 4) is 0 Å². The van der Waals surface area contributed by atoms with Gasteiger partial charge in [-0.15, -0.1) is 0 Å². The van der Waals surface area contributed by atoms with E-state index < -0.39 is 23.9 Å². The second-order valence-electron chi connectivity index (χ2n) is 3.73. The summed E-state index contributed by atoms with van der Waals surface area (Å²) in [5.41, 5.74) is 0.508. The van der Waals surface area contributed by atoms with Crippen molar-refractivity contribution in [3.63, 3.8) is 0 Å². The van der Waals surface area contributed by atoms with Gasteiger partial charge in [0.25, 0.3) is 0 Å². The quantitative estimate of drug-likeness (QED) is 0.861. The summed E-state index contributed by atoms with van der Waals surface area (Å²) in [5, 5.41) is 11.0. The van der Waals surface area contributed by atoms with Crippen molar-refractivity contribution in [2.45, 2.75) is 19.9 Å². The molecular weight excluding hydrogens is 239 g/mol. The number of benzene rings is 1. The average molecular weight is 254 g/mol. The number of halogens is 1. The zero-order valence-electron chi connectivity index (χ0n) is 10.2. The topological polar surface area (TPSA) is 69.6 Å². The van der Waals surface area contributed by atoms with Gasteiger partial charge < -0.3 is 10.4 Å². The summed E-state index contributed by atoms with van der Waals surface area (Å²) in [6.07, 6.45) is 0. The number of hydrogen-bond donors (Lipinski definition) is 2. The molecule has 0 heterocycles. The maximum absolute atomic E-state index is 12.8. The van der Waals surface area contributed by atoms with E-state index in [1.807, 2.05) is 0 Å². The normalized spacial score (nSPS) is 11.7. The zero-order valence-corrected chi connectivity index (χ0v) is 10.2. The molecule has 0 aliphatic carbocycles. The van der Waals surface area contributed by atoms with Gasteiger partial charge in [-0.2, -0.15) is 0 Å². The molecule has 0 aromatic heterocycles. The third-order valence-corrected chi connectivity index (χ3v) is 2.41. The van der Waals surface area contributed by atoms with Crippen LogP contribution in [0.5, 0.6) is 0 Å². The Labute approximate surface area is 104 Å². The lowest BCUT2D eigenvalue weighted by Gasteiger charge is -2.22. The number of amides is 2. The van der Waals surface area contributed by atoms with Gasteiger partial charge in [0.15, 0.2) is 0 Å². The summed E-state index contributed by atoms with van der Waals surface area (Å²) in [5.74, 6) is -1.51. The van der Waals surface area contributed by atoms with Gasteiger partial charge in [0.05, 0.1) is 0 Å². The number of nitrogens with one attached hydrogen (secondary N) is 1. The Kier molecular flexibility index (Phi) is 4.65. The lowest BCUT2D eigenvalue weighted by molar-refractivity contribution is -0.138. The molecule has 0 saturated carbocycles. The van der Waals surface area contributed by atoms with Gasteiger partial charge in [0, 0.05) is 12.2 Å². The predicted octanol–water partition coefficient (Wildman–Crippen LogP) is 1.83. The first kappa shape index (κ1) is 14.0. The molecule has 0 bridgehead atoms. The third-order valence-electron chi connectivity index (χ3n) is 2.41. The summed E-state index contributed by atoms with van der Waals surface area (Å²) in [4.78, 5) is 23.8. The van der Waals surface area contributed by atoms with E-state index in [1.165, 1.54) is 36.1 Å². The number of nitrogens with zero attached hydrogens (tertiary/aromatic N) is 1. The van der Waals surface area contributed by atoms with Crippen LogP contribution in [0.2, 0.25) is 0 Å². The van der Waals surface area contributed by atoms with Crippen LogP contribution in [-0.2, 0) is 4.79 Å². The number of urea groups is 1. The fourth-order valence-electron chi connectivity index (χ4n) is 1.39. The Morgan fingerprint density at radius 2 is 1.94 bits per heavy atom. The SMILES string of the molecule is CCN(C(=O)NC(C)C(=O)O)c1ccc(F)cc1. The van der Waals surface area contributed by atoms with Crippen molar-refractivity contribution in [2.24, 2.45) is 0 Å². The molecule has 1 atom stereocenters. The number of rotatable bonds is 4. The summed E-state index contributed by atoms with van der Waals surface area (Å²) in [6, 6.07) is 3.90. The average Bonchev–Trinajstić information content (AvgIpc) is 2.32. The first-order chi connectivity index (χ1) is 8.45. The Morgan fingerprint density at radius 3 is 2.39 bits per heavy atom. The number of carbonyl (C=O) groups excluding carboxylic acids is 1. The van der Waals surface area contributed by atoms with Crippen LogP contribution in [0.4, 0.5) is 14.9 Å². The molecule has 6 heteroatoms. The van der Waals surface area contributed by atoms with Gasteiger partial charge >= 0.3 is 12.0 Å². The summed E-state index contributed by atoms with van der Waals surface area (Å²) >= 11 is 0.